The number of aryl methyl sites for hydroxylation is 1. The molecule has 7 heteroatoms. The van der Waals surface area contributed by atoms with Crippen molar-refractivity contribution in [2.45, 2.75) is 38.2 Å². The number of hydrogen-bond donors (Lipinski definition) is 2. The lowest BCUT2D eigenvalue weighted by Gasteiger charge is -2.30. The van der Waals surface area contributed by atoms with Gasteiger partial charge in [0.2, 0.25) is 0 Å². The van der Waals surface area contributed by atoms with Crippen molar-refractivity contribution in [1.29, 1.82) is 0 Å². The molecule has 0 bridgehead atoms. The molecule has 0 aromatic carbocycles. The minimum atomic E-state index is -1.08. The molecule has 2 heterocycles. The molecule has 0 aliphatic carbocycles. The fourth-order valence-electron chi connectivity index (χ4n) is 2.38. The molecule has 7 nitrogen and oxygen atoms in total. The standard InChI is InChI=1S/C12H18N2O5/c1-7-5-14(11(17)13-10(7)16)12(6-18-3)4-9(15)8(2)19-12/h5,8-9,15H,4,6H2,1-3H3,(H,13,16,17)/t8-,9+,12+/m1/s1. The van der Waals surface area contributed by atoms with Gasteiger partial charge in [0.15, 0.2) is 5.72 Å². The maximum Gasteiger partial charge on any atom is 0.330 e. The summed E-state index contributed by atoms with van der Waals surface area (Å²) < 4.78 is 12.1. The third kappa shape index (κ3) is 2.36. The summed E-state index contributed by atoms with van der Waals surface area (Å²) in [6.07, 6.45) is 0.571. The summed E-state index contributed by atoms with van der Waals surface area (Å²) in [5.74, 6) is 0. The summed E-state index contributed by atoms with van der Waals surface area (Å²) in [6, 6.07) is 0. The predicted octanol–water partition coefficient (Wildman–Crippen LogP) is -0.686. The molecule has 0 unspecified atom stereocenters. The average molecular weight is 270 g/mol. The zero-order valence-electron chi connectivity index (χ0n) is 11.2. The van der Waals surface area contributed by atoms with Crippen LogP contribution < -0.4 is 11.2 Å². The minimum absolute atomic E-state index is 0.111. The first kappa shape index (κ1) is 14.0. The third-order valence-electron chi connectivity index (χ3n) is 3.40. The molecule has 106 valence electrons. The summed E-state index contributed by atoms with van der Waals surface area (Å²) in [4.78, 5) is 25.6. The van der Waals surface area contributed by atoms with E-state index in [1.54, 1.807) is 13.8 Å². The lowest BCUT2D eigenvalue weighted by atomic mass is 10.1. The van der Waals surface area contributed by atoms with Gasteiger partial charge in [-0.2, -0.15) is 0 Å². The average Bonchev–Trinajstić information content (AvgIpc) is 2.61. The normalized spacial score (nSPS) is 30.7. The lowest BCUT2D eigenvalue weighted by molar-refractivity contribution is -0.136. The Bertz CT molecular complexity index is 566. The minimum Gasteiger partial charge on any atom is -0.390 e. The largest absolute Gasteiger partial charge is 0.390 e. The van der Waals surface area contributed by atoms with Crippen LogP contribution in [-0.2, 0) is 15.2 Å². The van der Waals surface area contributed by atoms with Crippen LogP contribution in [0.4, 0.5) is 0 Å². The summed E-state index contributed by atoms with van der Waals surface area (Å²) in [6.45, 7) is 3.44. The predicted molar refractivity (Wildman–Crippen MR) is 67.1 cm³/mol. The highest BCUT2D eigenvalue weighted by Gasteiger charge is 2.46. The number of nitrogens with one attached hydrogen (secondary N) is 1. The summed E-state index contributed by atoms with van der Waals surface area (Å²) >= 11 is 0. The molecule has 19 heavy (non-hydrogen) atoms. The van der Waals surface area contributed by atoms with E-state index < -0.39 is 29.2 Å². The van der Waals surface area contributed by atoms with Gasteiger partial charge in [0.25, 0.3) is 5.56 Å². The number of aromatic nitrogens is 2. The van der Waals surface area contributed by atoms with Gasteiger partial charge in [0, 0.05) is 25.3 Å². The topological polar surface area (TPSA) is 93.6 Å². The van der Waals surface area contributed by atoms with E-state index in [-0.39, 0.29) is 13.0 Å². The number of rotatable bonds is 3. The molecule has 2 rings (SSSR count). The Balaban J connectivity index is 2.55. The van der Waals surface area contributed by atoms with Crippen LogP contribution in [0.3, 0.4) is 0 Å². The van der Waals surface area contributed by atoms with Gasteiger partial charge in [0.05, 0.1) is 18.8 Å². The summed E-state index contributed by atoms with van der Waals surface area (Å²) in [5, 5.41) is 9.87. The molecule has 3 atom stereocenters. The molecule has 0 spiro atoms. The molecular weight excluding hydrogens is 252 g/mol. The Morgan fingerprint density at radius 3 is 2.84 bits per heavy atom. The number of H-pyrrole nitrogens is 1. The van der Waals surface area contributed by atoms with E-state index in [0.717, 1.165) is 0 Å². The highest BCUT2D eigenvalue weighted by molar-refractivity contribution is 5.04. The monoisotopic (exact) mass is 270 g/mol. The first-order valence-corrected chi connectivity index (χ1v) is 6.07. The van der Waals surface area contributed by atoms with Crippen molar-refractivity contribution in [3.05, 3.63) is 32.6 Å². The molecule has 0 saturated carbocycles. The van der Waals surface area contributed by atoms with Crippen molar-refractivity contribution in [2.75, 3.05) is 13.7 Å². The molecule has 1 fully saturated rings. The SMILES string of the molecule is COC[C@]1(n2cc(C)c(=O)[nH]c2=O)C[C@H](O)[C@@H](C)O1. The van der Waals surface area contributed by atoms with Crippen molar-refractivity contribution < 1.29 is 14.6 Å². The van der Waals surface area contributed by atoms with Crippen molar-refractivity contribution in [2.24, 2.45) is 0 Å². The number of aromatic amines is 1. The number of methoxy groups -OCH3 is 1. The number of hydrogen-bond acceptors (Lipinski definition) is 5. The number of nitrogens with zero attached hydrogens (tertiary/aromatic N) is 1. The second-order valence-corrected chi connectivity index (χ2v) is 4.92. The van der Waals surface area contributed by atoms with Gasteiger partial charge in [0.1, 0.15) is 0 Å². The zero-order chi connectivity index (χ0) is 14.2. The van der Waals surface area contributed by atoms with Gasteiger partial charge in [-0.15, -0.1) is 0 Å². The van der Waals surface area contributed by atoms with Gasteiger partial charge < -0.3 is 14.6 Å². The van der Waals surface area contributed by atoms with Gasteiger partial charge >= 0.3 is 5.69 Å². The molecule has 0 radical (unpaired) electrons. The van der Waals surface area contributed by atoms with E-state index in [9.17, 15) is 14.7 Å². The van der Waals surface area contributed by atoms with Crippen LogP contribution in [0.5, 0.6) is 0 Å². The van der Waals surface area contributed by atoms with E-state index in [0.29, 0.717) is 5.56 Å². The van der Waals surface area contributed by atoms with E-state index in [4.69, 9.17) is 9.47 Å². The Morgan fingerprint density at radius 1 is 1.63 bits per heavy atom. The Hall–Kier alpha value is -1.44. The van der Waals surface area contributed by atoms with Crippen molar-refractivity contribution >= 4 is 0 Å². The molecule has 2 N–H and O–H groups in total. The molecule has 0 amide bonds. The maximum absolute atomic E-state index is 12.0. The summed E-state index contributed by atoms with van der Waals surface area (Å²) in [5.41, 5.74) is -1.69. The van der Waals surface area contributed by atoms with Crippen molar-refractivity contribution in [1.82, 2.24) is 9.55 Å². The van der Waals surface area contributed by atoms with Gasteiger partial charge in [-0.05, 0) is 13.8 Å². The van der Waals surface area contributed by atoms with Crippen LogP contribution in [0.15, 0.2) is 15.8 Å². The molecule has 1 aliphatic rings. The first-order chi connectivity index (χ1) is 8.89. The quantitative estimate of drug-likeness (QED) is 0.758. The molecule has 1 aromatic heterocycles. The van der Waals surface area contributed by atoms with Gasteiger partial charge in [-0.1, -0.05) is 0 Å². The highest BCUT2D eigenvalue weighted by atomic mass is 16.6. The lowest BCUT2D eigenvalue weighted by Crippen LogP contribution is -2.47. The number of ether oxygens (including phenoxy) is 2. The molecule has 1 aromatic rings. The van der Waals surface area contributed by atoms with Crippen LogP contribution in [0.25, 0.3) is 0 Å². The van der Waals surface area contributed by atoms with Crippen molar-refractivity contribution in [3.8, 4) is 0 Å². The molecular formula is C12H18N2O5. The Kier molecular flexibility index (Phi) is 3.62. The molecule has 1 saturated heterocycles. The first-order valence-electron chi connectivity index (χ1n) is 6.07. The molecule has 1 aliphatic heterocycles. The van der Waals surface area contributed by atoms with E-state index >= 15 is 0 Å². The van der Waals surface area contributed by atoms with E-state index in [2.05, 4.69) is 4.98 Å². The van der Waals surface area contributed by atoms with Gasteiger partial charge in [-0.25, -0.2) is 4.79 Å². The second-order valence-electron chi connectivity index (χ2n) is 4.92. The summed E-state index contributed by atoms with van der Waals surface area (Å²) in [7, 11) is 1.49. The number of aliphatic hydroxyl groups is 1. The fraction of sp³-hybridized carbons (Fsp3) is 0.667. The maximum atomic E-state index is 12.0. The van der Waals surface area contributed by atoms with E-state index in [1.165, 1.54) is 17.9 Å². The highest BCUT2D eigenvalue weighted by Crippen LogP contribution is 2.34. The smallest absolute Gasteiger partial charge is 0.330 e. The van der Waals surface area contributed by atoms with Crippen LogP contribution >= 0.6 is 0 Å². The van der Waals surface area contributed by atoms with Crippen molar-refractivity contribution in [3.63, 3.8) is 0 Å². The second kappa shape index (κ2) is 4.92. The number of aliphatic hydroxyl groups excluding tert-OH is 1. The zero-order valence-corrected chi connectivity index (χ0v) is 11.2. The van der Waals surface area contributed by atoms with Crippen LogP contribution in [0, 0.1) is 6.92 Å². The van der Waals surface area contributed by atoms with Crippen LogP contribution in [0.1, 0.15) is 18.9 Å². The Morgan fingerprint density at radius 2 is 2.32 bits per heavy atom. The van der Waals surface area contributed by atoms with Crippen LogP contribution in [-0.4, -0.2) is 40.6 Å². The fourth-order valence-corrected chi connectivity index (χ4v) is 2.38. The van der Waals surface area contributed by atoms with E-state index in [1.807, 2.05) is 0 Å². The Labute approximate surface area is 109 Å². The van der Waals surface area contributed by atoms with Crippen LogP contribution in [0.2, 0.25) is 0 Å². The third-order valence-corrected chi connectivity index (χ3v) is 3.40. The van der Waals surface area contributed by atoms with Gasteiger partial charge in [-0.3, -0.25) is 14.3 Å².